The van der Waals surface area contributed by atoms with E-state index in [1.807, 2.05) is 30.3 Å². The molecule has 8 nitrogen and oxygen atoms in total. The lowest BCUT2D eigenvalue weighted by Crippen LogP contribution is -2.52. The molecule has 2 atom stereocenters. The molecular formula is C20H23N3O5S. The molecule has 2 aliphatic rings. The molecule has 29 heavy (non-hydrogen) atoms. The molecule has 1 aromatic heterocycles. The van der Waals surface area contributed by atoms with Crippen molar-refractivity contribution in [3.8, 4) is 0 Å². The average Bonchev–Trinajstić information content (AvgIpc) is 3.40. The lowest BCUT2D eigenvalue weighted by atomic mass is 10.1. The third-order valence-electron chi connectivity index (χ3n) is 5.14. The second-order valence-corrected chi connectivity index (χ2v) is 8.01. The largest absolute Gasteiger partial charge is 0.465 e. The Morgan fingerprint density at radius 1 is 1.28 bits per heavy atom. The Kier molecular flexibility index (Phi) is 6.08. The van der Waals surface area contributed by atoms with E-state index in [-0.39, 0.29) is 37.2 Å². The Bertz CT molecular complexity index is 859. The number of benzene rings is 1. The highest BCUT2D eigenvalue weighted by atomic mass is 32.1. The summed E-state index contributed by atoms with van der Waals surface area (Å²) in [7, 11) is 1.36. The molecule has 0 bridgehead atoms. The molecule has 2 saturated heterocycles. The molecule has 0 aliphatic carbocycles. The van der Waals surface area contributed by atoms with Crippen LogP contribution in [0, 0.1) is 0 Å². The average molecular weight is 417 g/mol. The number of ether oxygens (including phenoxy) is 3. The minimum Gasteiger partial charge on any atom is -0.465 e. The zero-order valence-electron chi connectivity index (χ0n) is 16.2. The summed E-state index contributed by atoms with van der Waals surface area (Å²) in [6.07, 6.45) is 1.53. The van der Waals surface area contributed by atoms with E-state index >= 15 is 0 Å². The van der Waals surface area contributed by atoms with Crippen molar-refractivity contribution in [3.05, 3.63) is 47.0 Å². The monoisotopic (exact) mass is 417 g/mol. The number of rotatable bonds is 6. The summed E-state index contributed by atoms with van der Waals surface area (Å²) < 4.78 is 16.1. The highest BCUT2D eigenvalue weighted by molar-refractivity contribution is 7.17. The normalized spacial score (nSPS) is 21.6. The summed E-state index contributed by atoms with van der Waals surface area (Å²) >= 11 is 1.30. The van der Waals surface area contributed by atoms with Crippen molar-refractivity contribution in [1.82, 2.24) is 9.88 Å². The maximum Gasteiger partial charge on any atom is 0.349 e. The van der Waals surface area contributed by atoms with Gasteiger partial charge in [-0.15, -0.1) is 0 Å². The summed E-state index contributed by atoms with van der Waals surface area (Å²) in [5.74, 6) is -0.625. The van der Waals surface area contributed by atoms with Gasteiger partial charge in [0.25, 0.3) is 0 Å². The van der Waals surface area contributed by atoms with Gasteiger partial charge in [-0.25, -0.2) is 9.78 Å². The first-order chi connectivity index (χ1) is 14.1. The number of morpholine rings is 1. The highest BCUT2D eigenvalue weighted by Gasteiger charge is 2.41. The van der Waals surface area contributed by atoms with Gasteiger partial charge in [-0.3, -0.25) is 9.69 Å². The van der Waals surface area contributed by atoms with Gasteiger partial charge < -0.3 is 19.1 Å². The van der Waals surface area contributed by atoms with Crippen LogP contribution in [0.4, 0.5) is 5.13 Å². The van der Waals surface area contributed by atoms with Crippen LogP contribution in [0.2, 0.25) is 0 Å². The zero-order valence-corrected chi connectivity index (χ0v) is 17.0. The Labute approximate surface area is 173 Å². The number of esters is 2. The summed E-state index contributed by atoms with van der Waals surface area (Å²) in [6, 6.07) is 9.73. The van der Waals surface area contributed by atoms with E-state index in [1.165, 1.54) is 24.6 Å². The molecule has 3 heterocycles. The molecule has 2 fully saturated rings. The summed E-state index contributed by atoms with van der Waals surface area (Å²) in [6.45, 7) is 3.13. The first-order valence-corrected chi connectivity index (χ1v) is 10.3. The third kappa shape index (κ3) is 4.58. The van der Waals surface area contributed by atoms with Crippen LogP contribution in [0.25, 0.3) is 0 Å². The fourth-order valence-electron chi connectivity index (χ4n) is 3.67. The third-order valence-corrected chi connectivity index (χ3v) is 6.18. The first kappa shape index (κ1) is 19.8. The van der Waals surface area contributed by atoms with Crippen LogP contribution in [0.3, 0.4) is 0 Å². The van der Waals surface area contributed by atoms with E-state index in [1.54, 1.807) is 0 Å². The molecule has 0 N–H and O–H groups in total. The van der Waals surface area contributed by atoms with Gasteiger partial charge in [0, 0.05) is 19.6 Å². The van der Waals surface area contributed by atoms with Crippen molar-refractivity contribution in [2.45, 2.75) is 18.8 Å². The number of aromatic nitrogens is 1. The molecule has 2 aromatic rings. The molecule has 9 heteroatoms. The number of thiazole rings is 1. The molecule has 4 rings (SSSR count). The van der Waals surface area contributed by atoms with Gasteiger partial charge in [0.2, 0.25) is 0 Å². The fraction of sp³-hybridized carbons (Fsp3) is 0.450. The van der Waals surface area contributed by atoms with Crippen LogP contribution in [0.1, 0.15) is 15.2 Å². The number of carbonyl (C=O) groups excluding carboxylic acids is 2. The van der Waals surface area contributed by atoms with Gasteiger partial charge in [-0.2, -0.15) is 0 Å². The minimum absolute atomic E-state index is 0.00356. The Morgan fingerprint density at radius 2 is 2.10 bits per heavy atom. The number of carbonyl (C=O) groups is 2. The van der Waals surface area contributed by atoms with Gasteiger partial charge in [-0.05, 0) is 5.56 Å². The van der Waals surface area contributed by atoms with Crippen LogP contribution >= 0.6 is 11.3 Å². The number of fused-ring (bicyclic) bond motifs is 1. The Hall–Kier alpha value is -2.49. The van der Waals surface area contributed by atoms with Crippen LogP contribution in [0.15, 0.2) is 36.5 Å². The summed E-state index contributed by atoms with van der Waals surface area (Å²) in [4.78, 5) is 33.1. The van der Waals surface area contributed by atoms with E-state index in [0.717, 1.165) is 10.7 Å². The zero-order chi connectivity index (χ0) is 20.2. The number of hydrogen-bond donors (Lipinski definition) is 0. The lowest BCUT2D eigenvalue weighted by molar-refractivity contribution is -0.149. The number of methoxy groups -OCH3 is 1. The molecule has 0 amide bonds. The van der Waals surface area contributed by atoms with Crippen molar-refractivity contribution in [2.24, 2.45) is 0 Å². The van der Waals surface area contributed by atoms with Crippen LogP contribution in [-0.2, 0) is 25.6 Å². The second kappa shape index (κ2) is 8.89. The molecule has 0 spiro atoms. The standard InChI is InChI=1S/C20H23N3O5S/c1-26-19(25)17-9-21-20(29-17)23-10-15-16(11-23)27-8-7-22(15)12-18(24)28-13-14-5-3-2-4-6-14/h2-6,9,15-16H,7-8,10-13H2,1H3/t15-,16+/m0/s1. The highest BCUT2D eigenvalue weighted by Crippen LogP contribution is 2.30. The summed E-state index contributed by atoms with van der Waals surface area (Å²) in [5.41, 5.74) is 0.970. The molecule has 0 unspecified atom stereocenters. The molecule has 0 saturated carbocycles. The molecule has 154 valence electrons. The summed E-state index contributed by atoms with van der Waals surface area (Å²) in [5, 5.41) is 0.759. The van der Waals surface area contributed by atoms with Gasteiger partial charge in [0.05, 0.1) is 38.6 Å². The second-order valence-electron chi connectivity index (χ2n) is 7.00. The maximum atomic E-state index is 12.4. The van der Waals surface area contributed by atoms with Crippen LogP contribution < -0.4 is 4.90 Å². The molecular weight excluding hydrogens is 394 g/mol. The van der Waals surface area contributed by atoms with Crippen LogP contribution in [0.5, 0.6) is 0 Å². The van der Waals surface area contributed by atoms with Gasteiger partial charge in [0.15, 0.2) is 5.13 Å². The van der Waals surface area contributed by atoms with Gasteiger partial charge >= 0.3 is 11.9 Å². The lowest BCUT2D eigenvalue weighted by Gasteiger charge is -2.35. The van der Waals surface area contributed by atoms with Crippen molar-refractivity contribution in [2.75, 3.05) is 44.8 Å². The predicted molar refractivity (Wildman–Crippen MR) is 107 cm³/mol. The topological polar surface area (TPSA) is 81.2 Å². The van der Waals surface area contributed by atoms with E-state index in [9.17, 15) is 9.59 Å². The fourth-order valence-corrected chi connectivity index (χ4v) is 4.52. The SMILES string of the molecule is COC(=O)c1cnc(N2C[C@H]3OCCN(CC(=O)OCc4ccccc4)[C@H]3C2)s1. The Balaban J connectivity index is 1.35. The predicted octanol–water partition coefficient (Wildman–Crippen LogP) is 1.56. The van der Waals surface area contributed by atoms with Crippen molar-refractivity contribution in [3.63, 3.8) is 0 Å². The first-order valence-electron chi connectivity index (χ1n) is 9.48. The number of nitrogens with zero attached hydrogens (tertiary/aromatic N) is 3. The van der Waals surface area contributed by atoms with E-state index in [4.69, 9.17) is 14.2 Å². The number of hydrogen-bond acceptors (Lipinski definition) is 9. The van der Waals surface area contributed by atoms with Crippen molar-refractivity contribution < 1.29 is 23.8 Å². The molecule has 2 aliphatic heterocycles. The van der Waals surface area contributed by atoms with Crippen molar-refractivity contribution in [1.29, 1.82) is 0 Å². The smallest absolute Gasteiger partial charge is 0.349 e. The Morgan fingerprint density at radius 3 is 2.90 bits per heavy atom. The van der Waals surface area contributed by atoms with Crippen molar-refractivity contribution >= 4 is 28.4 Å². The van der Waals surface area contributed by atoms with E-state index < -0.39 is 0 Å². The van der Waals surface area contributed by atoms with Gasteiger partial charge in [-0.1, -0.05) is 41.7 Å². The van der Waals surface area contributed by atoms with E-state index in [2.05, 4.69) is 14.8 Å². The number of anilines is 1. The van der Waals surface area contributed by atoms with Crippen LogP contribution in [-0.4, -0.2) is 73.9 Å². The quantitative estimate of drug-likeness (QED) is 0.655. The van der Waals surface area contributed by atoms with E-state index in [0.29, 0.717) is 31.1 Å². The molecule has 0 radical (unpaired) electrons. The minimum atomic E-state index is -0.385. The maximum absolute atomic E-state index is 12.4. The van der Waals surface area contributed by atoms with Gasteiger partial charge in [0.1, 0.15) is 11.5 Å². The molecule has 1 aromatic carbocycles.